The molecule has 1 aliphatic carbocycles. The van der Waals surface area contributed by atoms with Crippen LogP contribution in [0.25, 0.3) is 20.7 Å². The zero-order valence-electron chi connectivity index (χ0n) is 21.1. The number of nitrogens with zero attached hydrogens (tertiary/aromatic N) is 4. The Balaban J connectivity index is 1.18. The van der Waals surface area contributed by atoms with E-state index in [4.69, 9.17) is 23.2 Å². The molecule has 3 heterocycles. The van der Waals surface area contributed by atoms with Crippen LogP contribution in [0.5, 0.6) is 0 Å². The van der Waals surface area contributed by atoms with E-state index < -0.39 is 0 Å². The Morgan fingerprint density at radius 2 is 1.84 bits per heavy atom. The maximum atomic E-state index is 13.5. The number of aromatic nitrogens is 2. The number of hydrogen-bond acceptors (Lipinski definition) is 5. The molecule has 4 aromatic rings. The minimum absolute atomic E-state index is 0.0149. The molecule has 38 heavy (non-hydrogen) atoms. The van der Waals surface area contributed by atoms with Gasteiger partial charge in [-0.2, -0.15) is 0 Å². The van der Waals surface area contributed by atoms with Gasteiger partial charge in [0.05, 0.1) is 21.9 Å². The standard InChI is InChI=1S/C29H28Cl2N4O2S/c1-18(36)34-10-8-33(9-11-34)16-19-2-3-21-13-23(6-4-20(21)12-19)35-17-32-26-15-27(38-28(26)29(35)37)22-5-7-24(30)25(31)14-22/h2-3,5,7,12,14-15,17,23H,4,6,8-11,13,16H2,1H3. The van der Waals surface area contributed by atoms with Gasteiger partial charge in [-0.1, -0.05) is 47.5 Å². The van der Waals surface area contributed by atoms with Crippen molar-refractivity contribution in [1.29, 1.82) is 0 Å². The summed E-state index contributed by atoms with van der Waals surface area (Å²) in [5, 5.41) is 1.00. The number of fused-ring (bicyclic) bond motifs is 2. The maximum absolute atomic E-state index is 13.5. The summed E-state index contributed by atoms with van der Waals surface area (Å²) >= 11 is 13.7. The first-order valence-corrected chi connectivity index (χ1v) is 14.5. The van der Waals surface area contributed by atoms with Gasteiger partial charge < -0.3 is 4.90 Å². The normalized spacial score (nSPS) is 18.1. The SMILES string of the molecule is CC(=O)N1CCN(Cc2ccc3c(c2)CCC(n2cnc4cc(-c5ccc(Cl)c(Cl)c5)sc4c2=O)C3)CC1. The van der Waals surface area contributed by atoms with Crippen molar-refractivity contribution in [1.82, 2.24) is 19.4 Å². The summed E-state index contributed by atoms with van der Waals surface area (Å²) in [6.45, 7) is 5.97. The van der Waals surface area contributed by atoms with Crippen molar-refractivity contribution in [2.75, 3.05) is 26.2 Å². The minimum Gasteiger partial charge on any atom is -0.340 e. The van der Waals surface area contributed by atoms with E-state index >= 15 is 0 Å². The molecule has 0 N–H and O–H groups in total. The van der Waals surface area contributed by atoms with Gasteiger partial charge in [0.1, 0.15) is 4.70 Å². The number of piperazine rings is 1. The van der Waals surface area contributed by atoms with Crippen molar-refractivity contribution in [3.05, 3.63) is 85.9 Å². The number of carbonyl (C=O) groups is 1. The Labute approximate surface area is 235 Å². The molecule has 2 aromatic carbocycles. The van der Waals surface area contributed by atoms with Gasteiger partial charge in [0, 0.05) is 50.6 Å². The molecule has 9 heteroatoms. The lowest BCUT2D eigenvalue weighted by Crippen LogP contribution is -2.47. The zero-order chi connectivity index (χ0) is 26.4. The number of benzene rings is 2. The maximum Gasteiger partial charge on any atom is 0.271 e. The van der Waals surface area contributed by atoms with Gasteiger partial charge in [0.15, 0.2) is 0 Å². The van der Waals surface area contributed by atoms with E-state index in [1.165, 1.54) is 28.0 Å². The average Bonchev–Trinajstić information content (AvgIpc) is 3.36. The van der Waals surface area contributed by atoms with Crippen LogP contribution < -0.4 is 5.56 Å². The van der Waals surface area contributed by atoms with Crippen LogP contribution in [0.2, 0.25) is 10.0 Å². The van der Waals surface area contributed by atoms with Gasteiger partial charge in [-0.25, -0.2) is 4.98 Å². The first-order valence-electron chi connectivity index (χ1n) is 12.9. The molecule has 196 valence electrons. The van der Waals surface area contributed by atoms with E-state index in [1.54, 1.807) is 19.3 Å². The van der Waals surface area contributed by atoms with E-state index in [0.29, 0.717) is 20.3 Å². The summed E-state index contributed by atoms with van der Waals surface area (Å²) in [6.07, 6.45) is 4.38. The number of thiophene rings is 1. The fraction of sp³-hybridized carbons (Fsp3) is 0.345. The highest BCUT2D eigenvalue weighted by Gasteiger charge is 2.24. The second kappa shape index (κ2) is 10.5. The predicted octanol–water partition coefficient (Wildman–Crippen LogP) is 5.83. The van der Waals surface area contributed by atoms with Crippen LogP contribution in [0.4, 0.5) is 0 Å². The summed E-state index contributed by atoms with van der Waals surface area (Å²) < 4.78 is 2.49. The van der Waals surface area contributed by atoms with E-state index in [-0.39, 0.29) is 17.5 Å². The molecule has 6 rings (SSSR count). The largest absolute Gasteiger partial charge is 0.340 e. The summed E-state index contributed by atoms with van der Waals surface area (Å²) in [7, 11) is 0. The Hall–Kier alpha value is -2.71. The number of hydrogen-bond donors (Lipinski definition) is 0. The first-order chi connectivity index (χ1) is 18.4. The third-order valence-corrected chi connectivity index (χ3v) is 9.66. The number of carbonyl (C=O) groups excluding carboxylic acids is 1. The lowest BCUT2D eigenvalue weighted by molar-refractivity contribution is -0.130. The van der Waals surface area contributed by atoms with Gasteiger partial charge in [-0.05, 0) is 59.7 Å². The van der Waals surface area contributed by atoms with Crippen molar-refractivity contribution < 1.29 is 4.79 Å². The Bertz CT molecular complexity index is 1590. The lowest BCUT2D eigenvalue weighted by atomic mass is 9.87. The summed E-state index contributed by atoms with van der Waals surface area (Å²) in [5.74, 6) is 0.160. The number of rotatable bonds is 4. The van der Waals surface area contributed by atoms with Crippen LogP contribution in [-0.4, -0.2) is 51.4 Å². The third kappa shape index (κ3) is 5.00. The topological polar surface area (TPSA) is 58.4 Å². The summed E-state index contributed by atoms with van der Waals surface area (Å²) in [4.78, 5) is 35.0. The van der Waals surface area contributed by atoms with E-state index in [0.717, 1.165) is 62.4 Å². The Kier molecular flexibility index (Phi) is 7.03. The molecule has 1 fully saturated rings. The zero-order valence-corrected chi connectivity index (χ0v) is 23.5. The van der Waals surface area contributed by atoms with Crippen molar-refractivity contribution in [3.8, 4) is 10.4 Å². The average molecular weight is 568 g/mol. The molecule has 1 unspecified atom stereocenters. The molecule has 1 aliphatic heterocycles. The number of amides is 1. The molecule has 1 atom stereocenters. The predicted molar refractivity (Wildman–Crippen MR) is 154 cm³/mol. The van der Waals surface area contributed by atoms with Crippen LogP contribution in [0.1, 0.15) is 36.1 Å². The molecule has 6 nitrogen and oxygen atoms in total. The van der Waals surface area contributed by atoms with Gasteiger partial charge in [-0.3, -0.25) is 19.1 Å². The molecule has 2 aromatic heterocycles. The van der Waals surface area contributed by atoms with Gasteiger partial charge in [-0.15, -0.1) is 11.3 Å². The second-order valence-electron chi connectivity index (χ2n) is 10.2. The molecule has 0 saturated carbocycles. The molecule has 0 bridgehead atoms. The monoisotopic (exact) mass is 566 g/mol. The summed E-state index contributed by atoms with van der Waals surface area (Å²) in [6, 6.07) is 14.3. The van der Waals surface area contributed by atoms with Gasteiger partial charge in [0.25, 0.3) is 5.56 Å². The molecule has 2 aliphatic rings. The fourth-order valence-electron chi connectivity index (χ4n) is 5.58. The Morgan fingerprint density at radius 3 is 2.61 bits per heavy atom. The highest BCUT2D eigenvalue weighted by Crippen LogP contribution is 2.35. The molecule has 0 spiro atoms. The molecular weight excluding hydrogens is 539 g/mol. The van der Waals surface area contributed by atoms with Gasteiger partial charge >= 0.3 is 0 Å². The van der Waals surface area contributed by atoms with Crippen molar-refractivity contribution in [3.63, 3.8) is 0 Å². The molecule has 1 amide bonds. The van der Waals surface area contributed by atoms with Crippen LogP contribution in [-0.2, 0) is 24.2 Å². The molecule has 0 radical (unpaired) electrons. The lowest BCUT2D eigenvalue weighted by Gasteiger charge is -2.34. The number of aryl methyl sites for hydroxylation is 1. The van der Waals surface area contributed by atoms with Crippen LogP contribution in [0.3, 0.4) is 0 Å². The molecule has 1 saturated heterocycles. The van der Waals surface area contributed by atoms with Gasteiger partial charge in [0.2, 0.25) is 5.91 Å². The smallest absolute Gasteiger partial charge is 0.271 e. The van der Waals surface area contributed by atoms with E-state index in [2.05, 4.69) is 28.1 Å². The Morgan fingerprint density at radius 1 is 1.03 bits per heavy atom. The van der Waals surface area contributed by atoms with Crippen molar-refractivity contribution >= 4 is 50.7 Å². The first kappa shape index (κ1) is 25.6. The van der Waals surface area contributed by atoms with E-state index in [9.17, 15) is 9.59 Å². The van der Waals surface area contributed by atoms with Crippen LogP contribution in [0, 0.1) is 0 Å². The summed E-state index contributed by atoms with van der Waals surface area (Å²) in [5.41, 5.74) is 5.65. The fourth-order valence-corrected chi connectivity index (χ4v) is 6.92. The highest BCUT2D eigenvalue weighted by atomic mass is 35.5. The third-order valence-electron chi connectivity index (χ3n) is 7.76. The highest BCUT2D eigenvalue weighted by molar-refractivity contribution is 7.22. The van der Waals surface area contributed by atoms with E-state index in [1.807, 2.05) is 27.7 Å². The molecular formula is C29H28Cl2N4O2S. The van der Waals surface area contributed by atoms with Crippen LogP contribution >= 0.6 is 34.5 Å². The van der Waals surface area contributed by atoms with Crippen LogP contribution in [0.15, 0.2) is 53.6 Å². The number of halogens is 2. The quantitative estimate of drug-likeness (QED) is 0.312. The van der Waals surface area contributed by atoms with Crippen molar-refractivity contribution in [2.24, 2.45) is 0 Å². The van der Waals surface area contributed by atoms with Crippen molar-refractivity contribution in [2.45, 2.75) is 38.8 Å². The minimum atomic E-state index is 0.0149. The second-order valence-corrected chi connectivity index (χ2v) is 12.1.